The molecule has 0 nitrogen and oxygen atoms in total. The first kappa shape index (κ1) is 20.0. The van der Waals surface area contributed by atoms with Crippen molar-refractivity contribution in [3.05, 3.63) is 27.8 Å². The normalized spacial score (nSPS) is 15.0. The Labute approximate surface area is 135 Å². The third-order valence-corrected chi connectivity index (χ3v) is 10.9. The maximum absolute atomic E-state index is 13.6. The first-order valence-electron chi connectivity index (χ1n) is 5.92. The van der Waals surface area contributed by atoms with Gasteiger partial charge < -0.3 is 0 Å². The first-order chi connectivity index (χ1) is 9.62. The van der Waals surface area contributed by atoms with E-state index in [1.54, 1.807) is 0 Å². The summed E-state index contributed by atoms with van der Waals surface area (Å²) in [6, 6.07) is 5.20. The molecule has 0 amide bonds. The van der Waals surface area contributed by atoms with Crippen molar-refractivity contribution in [3.63, 3.8) is 0 Å². The summed E-state index contributed by atoms with van der Waals surface area (Å²) in [4.78, 5) is 0. The van der Waals surface area contributed by atoms with Crippen molar-refractivity contribution in [3.8, 4) is 0 Å². The minimum atomic E-state index is -6.35. The number of benzene rings is 1. The van der Waals surface area contributed by atoms with Crippen molar-refractivity contribution < 1.29 is 30.7 Å². The summed E-state index contributed by atoms with van der Waals surface area (Å²) in [7, 11) is 3.65. The predicted molar refractivity (Wildman–Crippen MR) is 83.9 cm³/mol. The fourth-order valence-corrected chi connectivity index (χ4v) is 6.54. The summed E-state index contributed by atoms with van der Waals surface area (Å²) in [5, 5.41) is 0.864. The van der Waals surface area contributed by atoms with Crippen molar-refractivity contribution in [2.24, 2.45) is 0 Å². The monoisotopic (exact) mass is 480 g/mol. The Morgan fingerprint density at radius 2 is 1.27 bits per heavy atom. The second-order valence-corrected chi connectivity index (χ2v) is 16.5. The van der Waals surface area contributed by atoms with Crippen molar-refractivity contribution in [2.75, 3.05) is 0 Å². The van der Waals surface area contributed by atoms with E-state index in [2.05, 4.69) is 0 Å². The van der Waals surface area contributed by atoms with Gasteiger partial charge in [-0.15, -0.1) is 0 Å². The maximum atomic E-state index is 13.6. The quantitative estimate of drug-likeness (QED) is 0.219. The minimum absolute atomic E-state index is 0.332. The summed E-state index contributed by atoms with van der Waals surface area (Å²) in [6.45, 7) is 5.93. The molecule has 1 aromatic rings. The third kappa shape index (κ3) is 3.72. The van der Waals surface area contributed by atoms with Crippen LogP contribution in [0, 0.1) is 3.57 Å². The molecule has 1 aromatic carbocycles. The molecule has 0 fully saturated rings. The van der Waals surface area contributed by atoms with Crippen LogP contribution in [0.4, 0.5) is 30.7 Å². The Hall–Kier alpha value is -0.0331. The van der Waals surface area contributed by atoms with Gasteiger partial charge >= 0.3 is 135 Å². The third-order valence-electron chi connectivity index (χ3n) is 2.82. The Morgan fingerprint density at radius 3 is 1.59 bits per heavy atom. The van der Waals surface area contributed by atoms with Crippen LogP contribution in [-0.4, -0.2) is 24.1 Å². The Bertz CT molecular complexity index is 522. The zero-order chi connectivity index (χ0) is 17.6. The van der Waals surface area contributed by atoms with Gasteiger partial charge in [-0.25, -0.2) is 0 Å². The predicted octanol–water partition coefficient (Wildman–Crippen LogP) is 5.85. The van der Waals surface area contributed by atoms with E-state index in [9.17, 15) is 30.7 Å². The van der Waals surface area contributed by atoms with E-state index in [1.807, 2.05) is 19.6 Å². The van der Waals surface area contributed by atoms with Gasteiger partial charge in [0.1, 0.15) is 0 Å². The van der Waals surface area contributed by atoms with Gasteiger partial charge in [0.25, 0.3) is 0 Å². The molecule has 0 radical (unpaired) electrons. The van der Waals surface area contributed by atoms with Crippen LogP contribution in [0.2, 0.25) is 19.6 Å². The van der Waals surface area contributed by atoms with Crippen LogP contribution in [0.25, 0.3) is 0 Å². The standard InChI is InChI=1S/C12H13ClF7ISi/c1-22(2,3)9-6-4-8(5-7-9)21(13)12(19,20)10(14,15)11(16,17)18/h4-7H,1-3H3. The van der Waals surface area contributed by atoms with Gasteiger partial charge in [0.2, 0.25) is 0 Å². The number of halogens is 9. The molecule has 0 saturated carbocycles. The molecule has 22 heavy (non-hydrogen) atoms. The molecule has 128 valence electrons. The average Bonchev–Trinajstić information content (AvgIpc) is 2.35. The fraction of sp³-hybridized carbons (Fsp3) is 0.500. The van der Waals surface area contributed by atoms with Crippen molar-refractivity contribution in [2.45, 2.75) is 35.7 Å². The van der Waals surface area contributed by atoms with Gasteiger partial charge in [-0.2, -0.15) is 0 Å². The second kappa shape index (κ2) is 6.12. The molecule has 0 aromatic heterocycles. The number of hydrogen-bond acceptors (Lipinski definition) is 0. The van der Waals surface area contributed by atoms with Crippen LogP contribution in [-0.2, 0) is 0 Å². The Balaban J connectivity index is 3.17. The van der Waals surface area contributed by atoms with Gasteiger partial charge in [-0.3, -0.25) is 0 Å². The zero-order valence-corrected chi connectivity index (χ0v) is 15.6. The molecule has 0 N–H and O–H groups in total. The van der Waals surface area contributed by atoms with Gasteiger partial charge in [-0.05, 0) is 0 Å². The summed E-state index contributed by atoms with van der Waals surface area (Å²) in [5.74, 6) is -6.15. The van der Waals surface area contributed by atoms with E-state index in [0.29, 0.717) is 0 Å². The van der Waals surface area contributed by atoms with E-state index in [1.165, 1.54) is 12.1 Å². The van der Waals surface area contributed by atoms with Crippen LogP contribution >= 0.6 is 27.6 Å². The van der Waals surface area contributed by atoms with Crippen molar-refractivity contribution >= 4 is 40.9 Å². The van der Waals surface area contributed by atoms with E-state index in [0.717, 1.165) is 17.3 Å². The number of alkyl halides is 8. The first-order valence-corrected chi connectivity index (χ1v) is 14.3. The summed E-state index contributed by atoms with van der Waals surface area (Å²) in [5.41, 5.74) is 0. The average molecular weight is 481 g/mol. The van der Waals surface area contributed by atoms with E-state index in [4.69, 9.17) is 8.91 Å². The molecule has 0 atom stereocenters. The topological polar surface area (TPSA) is 0 Å². The van der Waals surface area contributed by atoms with Gasteiger partial charge in [0.15, 0.2) is 0 Å². The van der Waals surface area contributed by atoms with E-state index >= 15 is 0 Å². The van der Waals surface area contributed by atoms with Crippen LogP contribution in [0.15, 0.2) is 24.3 Å². The molecule has 0 spiro atoms. The molecule has 0 bridgehead atoms. The van der Waals surface area contributed by atoms with Crippen LogP contribution in [0.5, 0.6) is 0 Å². The van der Waals surface area contributed by atoms with Gasteiger partial charge in [0.05, 0.1) is 0 Å². The van der Waals surface area contributed by atoms with Crippen LogP contribution in [0.3, 0.4) is 0 Å². The molecule has 0 unspecified atom stereocenters. The molecule has 0 saturated heterocycles. The molecule has 1 rings (SSSR count). The summed E-state index contributed by atoms with van der Waals surface area (Å²) in [6.07, 6.45) is -6.35. The van der Waals surface area contributed by atoms with Crippen LogP contribution in [0.1, 0.15) is 0 Å². The molecular weight excluding hydrogens is 468 g/mol. The van der Waals surface area contributed by atoms with Crippen molar-refractivity contribution in [1.29, 1.82) is 0 Å². The molecule has 0 aliphatic rings. The summed E-state index contributed by atoms with van der Waals surface area (Å²) >= 11 is -4.59. The second-order valence-electron chi connectivity index (χ2n) is 5.56. The van der Waals surface area contributed by atoms with E-state index < -0.39 is 42.8 Å². The van der Waals surface area contributed by atoms with E-state index in [-0.39, 0.29) is 3.57 Å². The molecule has 0 aliphatic carbocycles. The Morgan fingerprint density at radius 1 is 0.864 bits per heavy atom. The van der Waals surface area contributed by atoms with Gasteiger partial charge in [-0.1, -0.05) is 0 Å². The van der Waals surface area contributed by atoms with Gasteiger partial charge in [0, 0.05) is 0 Å². The van der Waals surface area contributed by atoms with Crippen molar-refractivity contribution in [1.82, 2.24) is 0 Å². The summed E-state index contributed by atoms with van der Waals surface area (Å²) < 4.78 is 84.0. The zero-order valence-electron chi connectivity index (χ0n) is 11.7. The molecular formula is C12H13ClF7ISi. The number of rotatable bonds is 4. The molecule has 0 heterocycles. The Kier molecular flexibility index (Phi) is 5.56. The fourth-order valence-electron chi connectivity index (χ4n) is 1.46. The molecule has 10 heteroatoms. The molecule has 0 aliphatic heterocycles. The number of hydrogen-bond donors (Lipinski definition) is 0. The van der Waals surface area contributed by atoms with Crippen LogP contribution < -0.4 is 5.19 Å². The SMILES string of the molecule is C[Si](C)(C)c1ccc(I(Cl)C(F)(F)C(F)(F)C(F)(F)F)cc1.